The lowest BCUT2D eigenvalue weighted by molar-refractivity contribution is 0.258. The van der Waals surface area contributed by atoms with Gasteiger partial charge in [0.25, 0.3) is 0 Å². The van der Waals surface area contributed by atoms with Gasteiger partial charge in [0.2, 0.25) is 0 Å². The molecule has 2 heteroatoms. The molecule has 0 N–H and O–H groups in total. The summed E-state index contributed by atoms with van der Waals surface area (Å²) in [6.07, 6.45) is 6.42. The Morgan fingerprint density at radius 3 is 2.61 bits per heavy atom. The van der Waals surface area contributed by atoms with Crippen molar-refractivity contribution in [2.24, 2.45) is 11.8 Å². The highest BCUT2D eigenvalue weighted by Crippen LogP contribution is 2.44. The maximum Gasteiger partial charge on any atom is 0.00693 e. The molecule has 1 aliphatic carbocycles. The number of hydrogen-bond donors (Lipinski definition) is 0. The summed E-state index contributed by atoms with van der Waals surface area (Å²) in [6.45, 7) is 2.63. The van der Waals surface area contributed by atoms with E-state index in [0.29, 0.717) is 0 Å². The molecule has 1 aliphatic heterocycles. The van der Waals surface area contributed by atoms with Gasteiger partial charge in [0.05, 0.1) is 0 Å². The van der Waals surface area contributed by atoms with Crippen molar-refractivity contribution in [1.29, 1.82) is 0 Å². The maximum absolute atomic E-state index is 2.53. The SMILES string of the molecule is CSc1ccc(C2CCCC3CN(C)CC32)cc1. The number of likely N-dealkylation sites (tertiary alicyclic amines) is 1. The Kier molecular flexibility index (Phi) is 3.67. The predicted octanol–water partition coefficient (Wildman–Crippen LogP) is 3.85. The Balaban J connectivity index is 1.81. The molecule has 0 spiro atoms. The lowest BCUT2D eigenvalue weighted by Crippen LogP contribution is -2.25. The number of thioether (sulfide) groups is 1. The minimum Gasteiger partial charge on any atom is -0.306 e. The first-order valence-corrected chi connectivity index (χ1v) is 8.33. The Morgan fingerprint density at radius 2 is 1.89 bits per heavy atom. The van der Waals surface area contributed by atoms with E-state index in [1.807, 2.05) is 11.8 Å². The quantitative estimate of drug-likeness (QED) is 0.744. The van der Waals surface area contributed by atoms with Crippen LogP contribution in [0.5, 0.6) is 0 Å². The number of hydrogen-bond acceptors (Lipinski definition) is 2. The van der Waals surface area contributed by atoms with Gasteiger partial charge in [0.15, 0.2) is 0 Å². The maximum atomic E-state index is 2.53. The molecule has 0 aromatic heterocycles. The number of fused-ring (bicyclic) bond motifs is 1. The van der Waals surface area contributed by atoms with Crippen LogP contribution < -0.4 is 0 Å². The van der Waals surface area contributed by atoms with Gasteiger partial charge in [0.1, 0.15) is 0 Å². The van der Waals surface area contributed by atoms with E-state index in [2.05, 4.69) is 42.5 Å². The van der Waals surface area contributed by atoms with E-state index < -0.39 is 0 Å². The average molecular weight is 261 g/mol. The zero-order chi connectivity index (χ0) is 12.5. The third kappa shape index (κ3) is 2.33. The third-order valence-electron chi connectivity index (χ3n) is 4.82. The second-order valence-electron chi connectivity index (χ2n) is 5.96. The lowest BCUT2D eigenvalue weighted by Gasteiger charge is -2.33. The molecule has 2 fully saturated rings. The predicted molar refractivity (Wildman–Crippen MR) is 79.3 cm³/mol. The van der Waals surface area contributed by atoms with Crippen LogP contribution in [0.25, 0.3) is 0 Å². The van der Waals surface area contributed by atoms with E-state index in [1.165, 1.54) is 37.2 Å². The van der Waals surface area contributed by atoms with E-state index in [-0.39, 0.29) is 0 Å². The van der Waals surface area contributed by atoms with Crippen molar-refractivity contribution in [2.75, 3.05) is 26.4 Å². The van der Waals surface area contributed by atoms with Crippen LogP contribution in [0.4, 0.5) is 0 Å². The van der Waals surface area contributed by atoms with Gasteiger partial charge < -0.3 is 4.90 Å². The molecule has 98 valence electrons. The summed E-state index contributed by atoms with van der Waals surface area (Å²) in [5, 5.41) is 0. The molecule has 1 saturated carbocycles. The van der Waals surface area contributed by atoms with Crippen LogP contribution in [0, 0.1) is 11.8 Å². The van der Waals surface area contributed by atoms with Crippen LogP contribution in [0.3, 0.4) is 0 Å². The zero-order valence-electron chi connectivity index (χ0n) is 11.4. The van der Waals surface area contributed by atoms with Gasteiger partial charge in [-0.15, -0.1) is 11.8 Å². The molecular formula is C16H23NS. The van der Waals surface area contributed by atoms with Crippen molar-refractivity contribution >= 4 is 11.8 Å². The van der Waals surface area contributed by atoms with E-state index in [0.717, 1.165) is 17.8 Å². The van der Waals surface area contributed by atoms with Crippen molar-refractivity contribution in [3.05, 3.63) is 29.8 Å². The van der Waals surface area contributed by atoms with E-state index in [9.17, 15) is 0 Å². The summed E-state index contributed by atoms with van der Waals surface area (Å²) < 4.78 is 0. The first-order valence-electron chi connectivity index (χ1n) is 7.10. The fraction of sp³-hybridized carbons (Fsp3) is 0.625. The third-order valence-corrected chi connectivity index (χ3v) is 5.57. The summed E-state index contributed by atoms with van der Waals surface area (Å²) in [7, 11) is 2.28. The van der Waals surface area contributed by atoms with Crippen LogP contribution in [0.2, 0.25) is 0 Å². The molecule has 2 aliphatic rings. The van der Waals surface area contributed by atoms with Crippen molar-refractivity contribution < 1.29 is 0 Å². The highest BCUT2D eigenvalue weighted by molar-refractivity contribution is 7.98. The van der Waals surface area contributed by atoms with Crippen LogP contribution in [0.1, 0.15) is 30.7 Å². The standard InChI is InChI=1S/C16H23NS/c1-17-10-13-4-3-5-15(16(13)11-17)12-6-8-14(18-2)9-7-12/h6-9,13,15-16H,3-5,10-11H2,1-2H3. The number of benzene rings is 1. The van der Waals surface area contributed by atoms with Gasteiger partial charge in [0, 0.05) is 18.0 Å². The second-order valence-corrected chi connectivity index (χ2v) is 6.84. The molecular weight excluding hydrogens is 238 g/mol. The fourth-order valence-corrected chi connectivity index (χ4v) is 4.37. The smallest absolute Gasteiger partial charge is 0.00693 e. The molecule has 1 aromatic rings. The van der Waals surface area contributed by atoms with Gasteiger partial charge in [-0.25, -0.2) is 0 Å². The molecule has 3 rings (SSSR count). The van der Waals surface area contributed by atoms with Gasteiger partial charge in [-0.05, 0) is 61.6 Å². The Morgan fingerprint density at radius 1 is 1.11 bits per heavy atom. The van der Waals surface area contributed by atoms with Gasteiger partial charge in [-0.2, -0.15) is 0 Å². The van der Waals surface area contributed by atoms with E-state index >= 15 is 0 Å². The highest BCUT2D eigenvalue weighted by Gasteiger charge is 2.39. The summed E-state index contributed by atoms with van der Waals surface area (Å²) in [5.74, 6) is 2.67. The number of nitrogens with zero attached hydrogens (tertiary/aromatic N) is 1. The summed E-state index contributed by atoms with van der Waals surface area (Å²) in [6, 6.07) is 9.33. The van der Waals surface area contributed by atoms with Crippen LogP contribution in [0.15, 0.2) is 29.2 Å². The molecule has 0 amide bonds. The number of rotatable bonds is 2. The first kappa shape index (κ1) is 12.6. The largest absolute Gasteiger partial charge is 0.306 e. The molecule has 1 aromatic carbocycles. The molecule has 1 nitrogen and oxygen atoms in total. The molecule has 1 heterocycles. The van der Waals surface area contributed by atoms with Gasteiger partial charge in [-0.1, -0.05) is 18.6 Å². The average Bonchev–Trinajstić information content (AvgIpc) is 2.79. The van der Waals surface area contributed by atoms with Crippen molar-refractivity contribution in [3.63, 3.8) is 0 Å². The van der Waals surface area contributed by atoms with Crippen molar-refractivity contribution in [1.82, 2.24) is 4.90 Å². The Bertz CT molecular complexity index is 400. The van der Waals surface area contributed by atoms with Gasteiger partial charge in [-0.3, -0.25) is 0 Å². The fourth-order valence-electron chi connectivity index (χ4n) is 3.96. The molecule has 1 saturated heterocycles. The zero-order valence-corrected chi connectivity index (χ0v) is 12.2. The Labute approximate surface area is 115 Å². The highest BCUT2D eigenvalue weighted by atomic mass is 32.2. The summed E-state index contributed by atoms with van der Waals surface area (Å²) in [4.78, 5) is 3.92. The van der Waals surface area contributed by atoms with Crippen LogP contribution in [-0.4, -0.2) is 31.3 Å². The normalized spacial score (nSPS) is 32.4. The topological polar surface area (TPSA) is 3.24 Å². The Hall–Kier alpha value is -0.470. The minimum absolute atomic E-state index is 0.810. The van der Waals surface area contributed by atoms with E-state index in [4.69, 9.17) is 0 Å². The monoisotopic (exact) mass is 261 g/mol. The second kappa shape index (κ2) is 5.26. The van der Waals surface area contributed by atoms with Crippen molar-refractivity contribution in [3.8, 4) is 0 Å². The van der Waals surface area contributed by atoms with Crippen molar-refractivity contribution in [2.45, 2.75) is 30.1 Å². The van der Waals surface area contributed by atoms with Gasteiger partial charge >= 0.3 is 0 Å². The van der Waals surface area contributed by atoms with Crippen LogP contribution in [-0.2, 0) is 0 Å². The van der Waals surface area contributed by atoms with Crippen LogP contribution >= 0.6 is 11.8 Å². The molecule has 3 atom stereocenters. The summed E-state index contributed by atoms with van der Waals surface area (Å²) in [5.41, 5.74) is 1.58. The minimum atomic E-state index is 0.810. The molecule has 0 bridgehead atoms. The molecule has 0 radical (unpaired) electrons. The molecule has 18 heavy (non-hydrogen) atoms. The molecule has 3 unspecified atom stereocenters. The first-order chi connectivity index (χ1) is 8.78. The summed E-state index contributed by atoms with van der Waals surface area (Å²) >= 11 is 1.84. The van der Waals surface area contributed by atoms with E-state index in [1.54, 1.807) is 5.56 Å². The lowest BCUT2D eigenvalue weighted by atomic mass is 9.71.